The molecule has 3 rings (SSSR count). The van der Waals surface area contributed by atoms with E-state index < -0.39 is 0 Å². The van der Waals surface area contributed by atoms with Crippen molar-refractivity contribution in [3.8, 4) is 0 Å². The van der Waals surface area contributed by atoms with Gasteiger partial charge in [0, 0.05) is 0 Å². The minimum atomic E-state index is -0.207. The summed E-state index contributed by atoms with van der Waals surface area (Å²) in [5.74, 6) is 0. The SMILES string of the molecule is O[C@H]1CCCC[C@]1(c1ccccc1)N1CCCCC1. The largest absolute Gasteiger partial charge is 0.391 e. The summed E-state index contributed by atoms with van der Waals surface area (Å²) < 4.78 is 0. The van der Waals surface area contributed by atoms with Crippen molar-refractivity contribution in [2.45, 2.75) is 56.6 Å². The molecule has 0 amide bonds. The molecule has 1 aromatic rings. The van der Waals surface area contributed by atoms with Gasteiger partial charge in [-0.15, -0.1) is 0 Å². The van der Waals surface area contributed by atoms with E-state index in [0.717, 1.165) is 25.9 Å². The van der Waals surface area contributed by atoms with E-state index in [1.807, 2.05) is 0 Å². The first-order valence-corrected chi connectivity index (χ1v) is 7.83. The molecule has 1 saturated heterocycles. The first-order valence-electron chi connectivity index (χ1n) is 7.83. The van der Waals surface area contributed by atoms with Crippen molar-refractivity contribution < 1.29 is 5.11 Å². The minimum absolute atomic E-state index is 0.111. The Morgan fingerprint density at radius 2 is 1.68 bits per heavy atom. The highest BCUT2D eigenvalue weighted by molar-refractivity contribution is 5.27. The zero-order valence-corrected chi connectivity index (χ0v) is 11.7. The van der Waals surface area contributed by atoms with E-state index in [2.05, 4.69) is 35.2 Å². The number of aliphatic hydroxyl groups excluding tert-OH is 1. The zero-order chi connectivity index (χ0) is 13.1. The summed E-state index contributed by atoms with van der Waals surface area (Å²) in [6, 6.07) is 10.7. The topological polar surface area (TPSA) is 23.5 Å². The molecular formula is C17H25NO. The van der Waals surface area contributed by atoms with Crippen LogP contribution in [0.4, 0.5) is 0 Å². The van der Waals surface area contributed by atoms with Gasteiger partial charge in [-0.05, 0) is 44.3 Å². The second-order valence-electron chi connectivity index (χ2n) is 6.10. The van der Waals surface area contributed by atoms with Gasteiger partial charge in [-0.1, -0.05) is 49.6 Å². The van der Waals surface area contributed by atoms with Crippen molar-refractivity contribution in [1.82, 2.24) is 4.90 Å². The predicted octanol–water partition coefficient (Wildman–Crippen LogP) is 3.30. The second-order valence-corrected chi connectivity index (χ2v) is 6.10. The third-order valence-electron chi connectivity index (χ3n) is 5.03. The molecule has 1 aliphatic carbocycles. The lowest BCUT2D eigenvalue weighted by Gasteiger charge is -2.51. The normalized spacial score (nSPS) is 33.2. The van der Waals surface area contributed by atoms with Crippen molar-refractivity contribution in [3.05, 3.63) is 35.9 Å². The third kappa shape index (κ3) is 2.32. The Kier molecular flexibility index (Phi) is 3.90. The zero-order valence-electron chi connectivity index (χ0n) is 11.7. The maximum absolute atomic E-state index is 10.8. The molecule has 1 heterocycles. The summed E-state index contributed by atoms with van der Waals surface area (Å²) in [6.07, 6.45) is 8.16. The van der Waals surface area contributed by atoms with E-state index in [1.54, 1.807) is 0 Å². The molecule has 2 heteroatoms. The van der Waals surface area contributed by atoms with E-state index in [0.29, 0.717) is 0 Å². The van der Waals surface area contributed by atoms with Crippen LogP contribution in [-0.4, -0.2) is 29.2 Å². The van der Waals surface area contributed by atoms with Gasteiger partial charge < -0.3 is 5.11 Å². The molecule has 104 valence electrons. The number of piperidine rings is 1. The molecule has 2 fully saturated rings. The Morgan fingerprint density at radius 1 is 0.947 bits per heavy atom. The van der Waals surface area contributed by atoms with Crippen LogP contribution in [0.3, 0.4) is 0 Å². The summed E-state index contributed by atoms with van der Waals surface area (Å²) in [7, 11) is 0. The van der Waals surface area contributed by atoms with E-state index >= 15 is 0 Å². The van der Waals surface area contributed by atoms with Gasteiger partial charge in [0.1, 0.15) is 0 Å². The standard InChI is InChI=1S/C17H25NO/c19-16-11-5-6-12-17(16,15-9-3-1-4-10-15)18-13-7-2-8-14-18/h1,3-4,9-10,16,19H,2,5-8,11-14H2/t16-,17+/m0/s1. The highest BCUT2D eigenvalue weighted by atomic mass is 16.3. The summed E-state index contributed by atoms with van der Waals surface area (Å²) in [4.78, 5) is 2.58. The van der Waals surface area contributed by atoms with Crippen molar-refractivity contribution in [2.24, 2.45) is 0 Å². The highest BCUT2D eigenvalue weighted by Crippen LogP contribution is 2.43. The van der Waals surface area contributed by atoms with Gasteiger partial charge in [-0.2, -0.15) is 0 Å². The Hall–Kier alpha value is -0.860. The highest BCUT2D eigenvalue weighted by Gasteiger charge is 2.46. The lowest BCUT2D eigenvalue weighted by molar-refractivity contribution is -0.0723. The molecule has 2 nitrogen and oxygen atoms in total. The molecule has 2 atom stereocenters. The second kappa shape index (κ2) is 5.64. The molecule has 1 N–H and O–H groups in total. The monoisotopic (exact) mass is 259 g/mol. The van der Waals surface area contributed by atoms with Gasteiger partial charge in [0.25, 0.3) is 0 Å². The Labute approximate surface area is 116 Å². The summed E-state index contributed by atoms with van der Waals surface area (Å²) in [5.41, 5.74) is 1.21. The van der Waals surface area contributed by atoms with Crippen LogP contribution in [0.5, 0.6) is 0 Å². The van der Waals surface area contributed by atoms with Crippen LogP contribution >= 0.6 is 0 Å². The number of hydrogen-bond donors (Lipinski definition) is 1. The van der Waals surface area contributed by atoms with E-state index in [9.17, 15) is 5.11 Å². The Morgan fingerprint density at radius 3 is 2.37 bits per heavy atom. The molecule has 2 aliphatic rings. The van der Waals surface area contributed by atoms with Crippen molar-refractivity contribution in [3.63, 3.8) is 0 Å². The fourth-order valence-corrected chi connectivity index (χ4v) is 4.05. The van der Waals surface area contributed by atoms with Crippen LogP contribution in [0.15, 0.2) is 30.3 Å². The van der Waals surface area contributed by atoms with Crippen molar-refractivity contribution in [2.75, 3.05) is 13.1 Å². The van der Waals surface area contributed by atoms with Crippen LogP contribution in [-0.2, 0) is 5.54 Å². The van der Waals surface area contributed by atoms with E-state index in [-0.39, 0.29) is 11.6 Å². The maximum Gasteiger partial charge on any atom is 0.0765 e. The van der Waals surface area contributed by atoms with Crippen LogP contribution < -0.4 is 0 Å². The van der Waals surface area contributed by atoms with Crippen LogP contribution in [0, 0.1) is 0 Å². The van der Waals surface area contributed by atoms with E-state index in [4.69, 9.17) is 0 Å². The Bertz CT molecular complexity index is 399. The fraction of sp³-hybridized carbons (Fsp3) is 0.647. The Balaban J connectivity index is 1.99. The van der Waals surface area contributed by atoms with Crippen molar-refractivity contribution >= 4 is 0 Å². The molecule has 0 radical (unpaired) electrons. The minimum Gasteiger partial charge on any atom is -0.391 e. The third-order valence-corrected chi connectivity index (χ3v) is 5.03. The van der Waals surface area contributed by atoms with Gasteiger partial charge in [0.2, 0.25) is 0 Å². The molecular weight excluding hydrogens is 234 g/mol. The lowest BCUT2D eigenvalue weighted by atomic mass is 9.72. The van der Waals surface area contributed by atoms with Gasteiger partial charge in [-0.25, -0.2) is 0 Å². The first-order chi connectivity index (χ1) is 9.34. The number of nitrogens with zero attached hydrogens (tertiary/aromatic N) is 1. The van der Waals surface area contributed by atoms with Crippen LogP contribution in [0.2, 0.25) is 0 Å². The maximum atomic E-state index is 10.8. The molecule has 1 aromatic carbocycles. The molecule has 1 saturated carbocycles. The first kappa shape index (κ1) is 13.1. The van der Waals surface area contributed by atoms with Gasteiger partial charge >= 0.3 is 0 Å². The number of rotatable bonds is 2. The van der Waals surface area contributed by atoms with Gasteiger partial charge in [0.05, 0.1) is 11.6 Å². The molecule has 0 aromatic heterocycles. The number of likely N-dealkylation sites (tertiary alicyclic amines) is 1. The smallest absolute Gasteiger partial charge is 0.0765 e. The average molecular weight is 259 g/mol. The summed E-state index contributed by atoms with van der Waals surface area (Å²) in [6.45, 7) is 2.29. The molecule has 0 bridgehead atoms. The van der Waals surface area contributed by atoms with E-state index in [1.165, 1.54) is 37.7 Å². The molecule has 0 unspecified atom stereocenters. The molecule has 19 heavy (non-hydrogen) atoms. The number of aliphatic hydroxyl groups is 1. The van der Waals surface area contributed by atoms with Gasteiger partial charge in [-0.3, -0.25) is 4.90 Å². The summed E-state index contributed by atoms with van der Waals surface area (Å²) in [5, 5.41) is 10.8. The predicted molar refractivity (Wildman–Crippen MR) is 78.0 cm³/mol. The number of hydrogen-bond acceptors (Lipinski definition) is 2. The van der Waals surface area contributed by atoms with Crippen LogP contribution in [0.25, 0.3) is 0 Å². The average Bonchev–Trinajstić information content (AvgIpc) is 2.50. The quantitative estimate of drug-likeness (QED) is 0.881. The summed E-state index contributed by atoms with van der Waals surface area (Å²) >= 11 is 0. The lowest BCUT2D eigenvalue weighted by Crippen LogP contribution is -2.57. The fourth-order valence-electron chi connectivity index (χ4n) is 4.05. The van der Waals surface area contributed by atoms with Crippen LogP contribution in [0.1, 0.15) is 50.5 Å². The van der Waals surface area contributed by atoms with Crippen molar-refractivity contribution in [1.29, 1.82) is 0 Å². The van der Waals surface area contributed by atoms with Gasteiger partial charge in [0.15, 0.2) is 0 Å². The molecule has 1 aliphatic heterocycles. The number of benzene rings is 1. The molecule has 0 spiro atoms.